The second kappa shape index (κ2) is 4.85. The molecule has 0 fully saturated rings. The van der Waals surface area contributed by atoms with Crippen molar-refractivity contribution in [2.45, 2.75) is 59.0 Å². The van der Waals surface area contributed by atoms with Crippen LogP contribution in [0.2, 0.25) is 0 Å². The number of aliphatic hydroxyl groups is 1. The van der Waals surface area contributed by atoms with Crippen molar-refractivity contribution < 1.29 is 5.11 Å². The molecule has 0 unspecified atom stereocenters. The van der Waals surface area contributed by atoms with Crippen LogP contribution in [0.3, 0.4) is 0 Å². The van der Waals surface area contributed by atoms with Gasteiger partial charge in [-0.2, -0.15) is 0 Å². The molecule has 0 spiro atoms. The van der Waals surface area contributed by atoms with Crippen molar-refractivity contribution in [3.05, 3.63) is 41.1 Å². The van der Waals surface area contributed by atoms with Crippen molar-refractivity contribution in [2.24, 2.45) is 0 Å². The number of aromatic nitrogens is 1. The molecule has 0 radical (unpaired) electrons. The van der Waals surface area contributed by atoms with Crippen LogP contribution in [0.15, 0.2) is 24.3 Å². The fourth-order valence-electron chi connectivity index (χ4n) is 2.48. The Kier molecular flexibility index (Phi) is 3.64. The largest absolute Gasteiger partial charge is 0.386 e. The number of nitrogens with zero attached hydrogens (tertiary/aromatic N) is 1. The van der Waals surface area contributed by atoms with Gasteiger partial charge in [-0.15, -0.1) is 0 Å². The average molecular weight is 271 g/mol. The Morgan fingerprint density at radius 2 is 1.75 bits per heavy atom. The molecule has 2 rings (SSSR count). The first-order chi connectivity index (χ1) is 9.14. The number of fused-ring (bicyclic) bond motifs is 1. The number of benzene rings is 1. The van der Waals surface area contributed by atoms with Crippen LogP contribution in [0.4, 0.5) is 0 Å². The van der Waals surface area contributed by atoms with Gasteiger partial charge in [0.1, 0.15) is 0 Å². The average Bonchev–Trinajstić information content (AvgIpc) is 2.34. The zero-order valence-corrected chi connectivity index (χ0v) is 13.4. The van der Waals surface area contributed by atoms with Gasteiger partial charge in [0.05, 0.1) is 11.1 Å². The third-order valence-electron chi connectivity index (χ3n) is 3.73. The highest BCUT2D eigenvalue weighted by Gasteiger charge is 2.25. The van der Waals surface area contributed by atoms with Crippen LogP contribution in [0.1, 0.15) is 58.4 Å². The molecule has 2 aromatic rings. The summed E-state index contributed by atoms with van der Waals surface area (Å²) in [5.74, 6) is 0. The lowest BCUT2D eigenvalue weighted by Crippen LogP contribution is -2.20. The number of hydrogen-bond donors (Lipinski definition) is 1. The minimum atomic E-state index is -0.868. The highest BCUT2D eigenvalue weighted by Crippen LogP contribution is 2.33. The van der Waals surface area contributed by atoms with Crippen LogP contribution >= 0.6 is 0 Å². The molecule has 0 bridgehead atoms. The Morgan fingerprint density at radius 1 is 1.10 bits per heavy atom. The first kappa shape index (κ1) is 15.0. The van der Waals surface area contributed by atoms with Gasteiger partial charge in [-0.25, -0.2) is 0 Å². The van der Waals surface area contributed by atoms with E-state index in [1.807, 2.05) is 13.8 Å². The smallest absolute Gasteiger partial charge is 0.0847 e. The fourth-order valence-corrected chi connectivity index (χ4v) is 2.48. The van der Waals surface area contributed by atoms with E-state index in [1.165, 1.54) is 5.56 Å². The minimum Gasteiger partial charge on any atom is -0.386 e. The van der Waals surface area contributed by atoms with E-state index in [-0.39, 0.29) is 5.41 Å². The van der Waals surface area contributed by atoms with E-state index in [2.05, 4.69) is 52.0 Å². The van der Waals surface area contributed by atoms with Crippen molar-refractivity contribution in [3.63, 3.8) is 0 Å². The summed E-state index contributed by atoms with van der Waals surface area (Å²) in [7, 11) is 0. The second-order valence-corrected chi connectivity index (χ2v) is 7.03. The molecule has 0 saturated heterocycles. The lowest BCUT2D eigenvalue weighted by Gasteiger charge is -2.25. The van der Waals surface area contributed by atoms with E-state index >= 15 is 0 Å². The quantitative estimate of drug-likeness (QED) is 0.882. The standard InChI is InChI=1S/C18H25NO/c1-7-12-9-8-10-13-14(18(5,6)20)11-15(17(2,3)4)19-16(12)13/h8-11,20H,7H2,1-6H3. The predicted octanol–water partition coefficient (Wildman–Crippen LogP) is 4.32. The summed E-state index contributed by atoms with van der Waals surface area (Å²) in [6.07, 6.45) is 0.948. The van der Waals surface area contributed by atoms with Crippen molar-refractivity contribution in [1.29, 1.82) is 0 Å². The molecule has 1 heterocycles. The lowest BCUT2D eigenvalue weighted by molar-refractivity contribution is 0.0800. The van der Waals surface area contributed by atoms with Crippen LogP contribution < -0.4 is 0 Å². The van der Waals surface area contributed by atoms with Gasteiger partial charge in [0, 0.05) is 16.5 Å². The molecule has 2 nitrogen and oxygen atoms in total. The molecule has 108 valence electrons. The van der Waals surface area contributed by atoms with Gasteiger partial charge < -0.3 is 5.11 Å². The molecule has 0 saturated carbocycles. The van der Waals surface area contributed by atoms with Gasteiger partial charge in [0.25, 0.3) is 0 Å². The number of aryl methyl sites for hydroxylation is 1. The topological polar surface area (TPSA) is 33.1 Å². The van der Waals surface area contributed by atoms with Gasteiger partial charge >= 0.3 is 0 Å². The van der Waals surface area contributed by atoms with Crippen LogP contribution in [0.25, 0.3) is 10.9 Å². The highest BCUT2D eigenvalue weighted by molar-refractivity contribution is 5.86. The molecule has 0 aliphatic heterocycles. The lowest BCUT2D eigenvalue weighted by atomic mass is 9.86. The van der Waals surface area contributed by atoms with Crippen molar-refractivity contribution >= 4 is 10.9 Å². The molecule has 1 aromatic carbocycles. The van der Waals surface area contributed by atoms with E-state index in [0.717, 1.165) is 28.6 Å². The summed E-state index contributed by atoms with van der Waals surface area (Å²) >= 11 is 0. The summed E-state index contributed by atoms with van der Waals surface area (Å²) in [5, 5.41) is 11.6. The Balaban J connectivity index is 2.89. The fraction of sp³-hybridized carbons (Fsp3) is 0.500. The molecular weight excluding hydrogens is 246 g/mol. The number of para-hydroxylation sites is 1. The zero-order chi connectivity index (χ0) is 15.1. The monoisotopic (exact) mass is 271 g/mol. The van der Waals surface area contributed by atoms with Gasteiger partial charge in [0.2, 0.25) is 0 Å². The number of pyridine rings is 1. The van der Waals surface area contributed by atoms with E-state index < -0.39 is 5.60 Å². The van der Waals surface area contributed by atoms with Gasteiger partial charge in [-0.05, 0) is 37.5 Å². The van der Waals surface area contributed by atoms with E-state index in [9.17, 15) is 5.11 Å². The summed E-state index contributed by atoms with van der Waals surface area (Å²) in [5.41, 5.74) is 3.35. The summed E-state index contributed by atoms with van der Waals surface area (Å²) in [6, 6.07) is 8.29. The van der Waals surface area contributed by atoms with Crippen LogP contribution in [-0.4, -0.2) is 10.1 Å². The predicted molar refractivity (Wildman–Crippen MR) is 85.1 cm³/mol. The highest BCUT2D eigenvalue weighted by atomic mass is 16.3. The number of hydrogen-bond acceptors (Lipinski definition) is 2. The maximum absolute atomic E-state index is 10.5. The van der Waals surface area contributed by atoms with Crippen molar-refractivity contribution in [2.75, 3.05) is 0 Å². The van der Waals surface area contributed by atoms with Gasteiger partial charge in [0.15, 0.2) is 0 Å². The maximum Gasteiger partial charge on any atom is 0.0847 e. The third-order valence-corrected chi connectivity index (χ3v) is 3.73. The van der Waals surface area contributed by atoms with Crippen LogP contribution in [-0.2, 0) is 17.4 Å². The van der Waals surface area contributed by atoms with E-state index in [0.29, 0.717) is 0 Å². The first-order valence-corrected chi connectivity index (χ1v) is 7.30. The molecular formula is C18H25NO. The summed E-state index contributed by atoms with van der Waals surface area (Å²) in [4.78, 5) is 4.88. The zero-order valence-electron chi connectivity index (χ0n) is 13.4. The Labute approximate surface area is 121 Å². The molecule has 0 aliphatic rings. The third kappa shape index (κ3) is 2.71. The van der Waals surface area contributed by atoms with Crippen LogP contribution in [0.5, 0.6) is 0 Å². The Hall–Kier alpha value is -1.41. The molecule has 1 aromatic heterocycles. The molecule has 20 heavy (non-hydrogen) atoms. The maximum atomic E-state index is 10.5. The van der Waals surface area contributed by atoms with Crippen molar-refractivity contribution in [1.82, 2.24) is 4.98 Å². The van der Waals surface area contributed by atoms with Crippen molar-refractivity contribution in [3.8, 4) is 0 Å². The second-order valence-electron chi connectivity index (χ2n) is 7.03. The molecule has 0 atom stereocenters. The van der Waals surface area contributed by atoms with Gasteiger partial charge in [-0.1, -0.05) is 45.9 Å². The van der Waals surface area contributed by atoms with Crippen LogP contribution in [0, 0.1) is 0 Å². The normalized spacial score (nSPS) is 12.9. The number of rotatable bonds is 2. The van der Waals surface area contributed by atoms with Gasteiger partial charge in [-0.3, -0.25) is 4.98 Å². The SMILES string of the molecule is CCc1cccc2c(C(C)(C)O)cc(C(C)(C)C)nc12. The minimum absolute atomic E-state index is 0.0327. The van der Waals surface area contributed by atoms with E-state index in [1.54, 1.807) is 0 Å². The molecule has 1 N–H and O–H groups in total. The molecule has 0 aliphatic carbocycles. The first-order valence-electron chi connectivity index (χ1n) is 7.30. The van der Waals surface area contributed by atoms with E-state index in [4.69, 9.17) is 4.98 Å². The molecule has 0 amide bonds. The summed E-state index contributed by atoms with van der Waals surface area (Å²) < 4.78 is 0. The Morgan fingerprint density at radius 3 is 2.25 bits per heavy atom. The Bertz CT molecular complexity index is 630. The summed E-state index contributed by atoms with van der Waals surface area (Å²) in [6.45, 7) is 12.3. The molecule has 2 heteroatoms.